The summed E-state index contributed by atoms with van der Waals surface area (Å²) in [6.45, 7) is 0. The van der Waals surface area contributed by atoms with Crippen LogP contribution in [-0.2, 0) is 4.79 Å². The first kappa shape index (κ1) is 22.4. The lowest BCUT2D eigenvalue weighted by Crippen LogP contribution is -2.24. The molecular weight excluding hydrogens is 489 g/mol. The standard InChI is InChI=1S/C31H19Cl2NO2/c32-27-14-11-23(18-28(27)33)30-15-13-26(36-30)17-24-19-29(21-7-2-1-3-8-21)34(31(24)35)25-12-10-20-6-4-5-9-22(20)16-25/h1-19H/b24-17+. The predicted octanol–water partition coefficient (Wildman–Crippen LogP) is 8.88. The minimum absolute atomic E-state index is 0.114. The van der Waals surface area contributed by atoms with Gasteiger partial charge in [-0.3, -0.25) is 9.69 Å². The molecule has 0 atom stereocenters. The van der Waals surface area contributed by atoms with E-state index in [1.807, 2.05) is 84.9 Å². The number of furan rings is 1. The summed E-state index contributed by atoms with van der Waals surface area (Å²) in [6.07, 6.45) is 3.68. The van der Waals surface area contributed by atoms with E-state index in [-0.39, 0.29) is 5.91 Å². The Labute approximate surface area is 218 Å². The molecule has 0 radical (unpaired) electrons. The first-order chi connectivity index (χ1) is 17.6. The average Bonchev–Trinajstić information content (AvgIpc) is 3.51. The van der Waals surface area contributed by atoms with Crippen LogP contribution in [0.3, 0.4) is 0 Å². The minimum Gasteiger partial charge on any atom is -0.457 e. The van der Waals surface area contributed by atoms with Gasteiger partial charge in [0.05, 0.1) is 15.7 Å². The highest BCUT2D eigenvalue weighted by Gasteiger charge is 2.30. The molecule has 0 aliphatic carbocycles. The van der Waals surface area contributed by atoms with E-state index in [9.17, 15) is 4.79 Å². The van der Waals surface area contributed by atoms with Gasteiger partial charge >= 0.3 is 0 Å². The number of halogens is 2. The summed E-state index contributed by atoms with van der Waals surface area (Å²) in [5, 5.41) is 3.14. The molecule has 1 amide bonds. The molecule has 6 rings (SSSR count). The number of hydrogen-bond donors (Lipinski definition) is 0. The molecule has 2 heterocycles. The fourth-order valence-electron chi connectivity index (χ4n) is 4.40. The monoisotopic (exact) mass is 507 g/mol. The van der Waals surface area contributed by atoms with Crippen molar-refractivity contribution in [2.45, 2.75) is 0 Å². The van der Waals surface area contributed by atoms with E-state index in [1.165, 1.54) is 0 Å². The Balaban J connectivity index is 1.41. The van der Waals surface area contributed by atoms with Crippen molar-refractivity contribution in [3.05, 3.63) is 136 Å². The van der Waals surface area contributed by atoms with Crippen molar-refractivity contribution >= 4 is 57.3 Å². The molecule has 3 nitrogen and oxygen atoms in total. The first-order valence-electron chi connectivity index (χ1n) is 11.4. The van der Waals surface area contributed by atoms with Gasteiger partial charge in [-0.05, 0) is 71.0 Å². The number of anilines is 1. The fourth-order valence-corrected chi connectivity index (χ4v) is 4.70. The molecule has 36 heavy (non-hydrogen) atoms. The van der Waals surface area contributed by atoms with Gasteiger partial charge in [-0.25, -0.2) is 0 Å². The van der Waals surface area contributed by atoms with Crippen LogP contribution in [0.15, 0.2) is 119 Å². The third-order valence-corrected chi connectivity index (χ3v) is 6.91. The van der Waals surface area contributed by atoms with Crippen molar-refractivity contribution < 1.29 is 9.21 Å². The number of carbonyl (C=O) groups is 1. The predicted molar refractivity (Wildman–Crippen MR) is 148 cm³/mol. The lowest BCUT2D eigenvalue weighted by molar-refractivity contribution is -0.113. The number of carbonyl (C=O) groups excluding carboxylic acids is 1. The normalized spacial score (nSPS) is 14.6. The van der Waals surface area contributed by atoms with Gasteiger partial charge in [0, 0.05) is 16.8 Å². The summed E-state index contributed by atoms with van der Waals surface area (Å²) in [5.41, 5.74) is 3.94. The SMILES string of the molecule is O=C1/C(=C/c2ccc(-c3ccc(Cl)c(Cl)c3)o2)C=C(c2ccccc2)N1c1ccc2ccccc2c1. The zero-order valence-electron chi connectivity index (χ0n) is 19.0. The van der Waals surface area contributed by atoms with Crippen LogP contribution in [0.5, 0.6) is 0 Å². The van der Waals surface area contributed by atoms with E-state index in [1.54, 1.807) is 23.1 Å². The molecule has 1 aliphatic heterocycles. The van der Waals surface area contributed by atoms with Crippen molar-refractivity contribution in [1.82, 2.24) is 0 Å². The maximum Gasteiger partial charge on any atom is 0.263 e. The molecule has 5 aromatic rings. The number of nitrogens with zero attached hydrogens (tertiary/aromatic N) is 1. The van der Waals surface area contributed by atoms with E-state index in [4.69, 9.17) is 27.6 Å². The Morgan fingerprint density at radius 2 is 1.47 bits per heavy atom. The Hall–Kier alpha value is -4.05. The zero-order valence-corrected chi connectivity index (χ0v) is 20.5. The van der Waals surface area contributed by atoms with E-state index >= 15 is 0 Å². The molecule has 0 saturated carbocycles. The van der Waals surface area contributed by atoms with Crippen LogP contribution in [0.25, 0.3) is 33.9 Å². The third kappa shape index (κ3) is 4.13. The molecule has 4 aromatic carbocycles. The molecule has 0 bridgehead atoms. The van der Waals surface area contributed by atoms with E-state index in [0.29, 0.717) is 27.1 Å². The molecular formula is C31H19Cl2NO2. The van der Waals surface area contributed by atoms with Gasteiger partial charge in [0.1, 0.15) is 11.5 Å². The minimum atomic E-state index is -0.114. The summed E-state index contributed by atoms with van der Waals surface area (Å²) < 4.78 is 6.04. The lowest BCUT2D eigenvalue weighted by atomic mass is 10.1. The highest BCUT2D eigenvalue weighted by Crippen LogP contribution is 2.37. The number of fused-ring (bicyclic) bond motifs is 1. The number of rotatable bonds is 4. The van der Waals surface area contributed by atoms with Crippen LogP contribution in [-0.4, -0.2) is 5.91 Å². The first-order valence-corrected chi connectivity index (χ1v) is 12.2. The quantitative estimate of drug-likeness (QED) is 0.227. The molecule has 174 valence electrons. The number of benzene rings is 4. The maximum absolute atomic E-state index is 13.7. The summed E-state index contributed by atoms with van der Waals surface area (Å²) in [4.78, 5) is 15.5. The number of hydrogen-bond acceptors (Lipinski definition) is 2. The molecule has 0 unspecified atom stereocenters. The Bertz CT molecular complexity index is 1680. The summed E-state index contributed by atoms with van der Waals surface area (Å²) in [7, 11) is 0. The second kappa shape index (κ2) is 9.19. The summed E-state index contributed by atoms with van der Waals surface area (Å²) in [5.74, 6) is 1.10. The van der Waals surface area contributed by atoms with Gasteiger partial charge in [-0.2, -0.15) is 0 Å². The van der Waals surface area contributed by atoms with Crippen molar-refractivity contribution in [1.29, 1.82) is 0 Å². The van der Waals surface area contributed by atoms with Crippen LogP contribution in [0.4, 0.5) is 5.69 Å². The smallest absolute Gasteiger partial charge is 0.263 e. The topological polar surface area (TPSA) is 33.5 Å². The second-order valence-corrected chi connectivity index (χ2v) is 9.31. The van der Waals surface area contributed by atoms with Crippen LogP contribution in [0.1, 0.15) is 11.3 Å². The molecule has 1 aliphatic rings. The molecule has 0 saturated heterocycles. The van der Waals surface area contributed by atoms with Crippen LogP contribution in [0, 0.1) is 0 Å². The van der Waals surface area contributed by atoms with Crippen molar-refractivity contribution in [3.8, 4) is 11.3 Å². The van der Waals surface area contributed by atoms with E-state index < -0.39 is 0 Å². The van der Waals surface area contributed by atoms with Crippen LogP contribution in [0.2, 0.25) is 10.0 Å². The maximum atomic E-state index is 13.7. The van der Waals surface area contributed by atoms with Gasteiger partial charge in [0.15, 0.2) is 0 Å². The van der Waals surface area contributed by atoms with E-state index in [0.717, 1.165) is 33.3 Å². The van der Waals surface area contributed by atoms with Crippen LogP contribution < -0.4 is 4.90 Å². The summed E-state index contributed by atoms with van der Waals surface area (Å²) in [6, 6.07) is 33.1. The van der Waals surface area contributed by atoms with E-state index in [2.05, 4.69) is 12.1 Å². The van der Waals surface area contributed by atoms with Crippen molar-refractivity contribution in [2.75, 3.05) is 4.90 Å². The molecule has 0 spiro atoms. The van der Waals surface area contributed by atoms with Crippen LogP contribution >= 0.6 is 23.2 Å². The lowest BCUT2D eigenvalue weighted by Gasteiger charge is -2.21. The second-order valence-electron chi connectivity index (χ2n) is 8.50. The molecule has 0 N–H and O–H groups in total. The van der Waals surface area contributed by atoms with Gasteiger partial charge in [0.2, 0.25) is 0 Å². The van der Waals surface area contributed by atoms with Crippen molar-refractivity contribution in [2.24, 2.45) is 0 Å². The average molecular weight is 508 g/mol. The zero-order chi connectivity index (χ0) is 24.6. The van der Waals surface area contributed by atoms with Gasteiger partial charge in [-0.15, -0.1) is 0 Å². The van der Waals surface area contributed by atoms with Gasteiger partial charge < -0.3 is 4.42 Å². The highest BCUT2D eigenvalue weighted by molar-refractivity contribution is 6.42. The van der Waals surface area contributed by atoms with Gasteiger partial charge in [0.25, 0.3) is 5.91 Å². The summed E-state index contributed by atoms with van der Waals surface area (Å²) >= 11 is 12.2. The molecule has 1 aromatic heterocycles. The Kier molecular flexibility index (Phi) is 5.73. The number of amides is 1. The third-order valence-electron chi connectivity index (χ3n) is 6.17. The Morgan fingerprint density at radius 1 is 0.694 bits per heavy atom. The Morgan fingerprint density at radius 3 is 2.28 bits per heavy atom. The van der Waals surface area contributed by atoms with Crippen molar-refractivity contribution in [3.63, 3.8) is 0 Å². The van der Waals surface area contributed by atoms with Gasteiger partial charge in [-0.1, -0.05) is 83.9 Å². The molecule has 0 fully saturated rings. The highest BCUT2D eigenvalue weighted by atomic mass is 35.5. The molecule has 5 heteroatoms. The largest absolute Gasteiger partial charge is 0.457 e. The fraction of sp³-hybridized carbons (Fsp3) is 0.